The van der Waals surface area contributed by atoms with E-state index in [1.165, 1.54) is 6.20 Å². The molecule has 8 heteroatoms. The summed E-state index contributed by atoms with van der Waals surface area (Å²) in [7, 11) is 0. The van der Waals surface area contributed by atoms with E-state index in [9.17, 15) is 5.11 Å². The molecule has 1 fully saturated rings. The van der Waals surface area contributed by atoms with E-state index in [0.29, 0.717) is 40.4 Å². The number of halogens is 2. The van der Waals surface area contributed by atoms with Crippen LogP contribution < -0.4 is 5.32 Å². The van der Waals surface area contributed by atoms with Crippen LogP contribution in [0.3, 0.4) is 0 Å². The normalized spacial score (nSPS) is 22.9. The van der Waals surface area contributed by atoms with Gasteiger partial charge in [-0.05, 0) is 12.5 Å². The standard InChI is InChI=1S/C11H10Cl2N4O2/c12-5-1-7(13)9(15-3-5)10-16-11(19-17-10)8-2-6(18)4-14-8/h1,3,6,8,14,18H,2,4H2/t6-,8+/m0/s1. The summed E-state index contributed by atoms with van der Waals surface area (Å²) in [6.07, 6.45) is 1.62. The molecular weight excluding hydrogens is 291 g/mol. The largest absolute Gasteiger partial charge is 0.392 e. The molecule has 0 aromatic carbocycles. The first-order valence-corrected chi connectivity index (χ1v) is 6.45. The topological polar surface area (TPSA) is 84.1 Å². The summed E-state index contributed by atoms with van der Waals surface area (Å²) in [5.74, 6) is 0.722. The van der Waals surface area contributed by atoms with Crippen LogP contribution in [0.15, 0.2) is 16.8 Å². The van der Waals surface area contributed by atoms with Gasteiger partial charge in [-0.15, -0.1) is 0 Å². The Morgan fingerprint density at radius 1 is 1.42 bits per heavy atom. The maximum Gasteiger partial charge on any atom is 0.244 e. The van der Waals surface area contributed by atoms with E-state index in [4.69, 9.17) is 27.7 Å². The van der Waals surface area contributed by atoms with Crippen LogP contribution >= 0.6 is 23.2 Å². The fourth-order valence-electron chi connectivity index (χ4n) is 1.96. The summed E-state index contributed by atoms with van der Waals surface area (Å²) >= 11 is 11.8. The van der Waals surface area contributed by atoms with Crippen molar-refractivity contribution in [2.45, 2.75) is 18.6 Å². The first-order valence-electron chi connectivity index (χ1n) is 5.70. The van der Waals surface area contributed by atoms with Gasteiger partial charge in [0.2, 0.25) is 11.7 Å². The molecule has 1 saturated heterocycles. The van der Waals surface area contributed by atoms with Crippen molar-refractivity contribution in [1.29, 1.82) is 0 Å². The highest BCUT2D eigenvalue weighted by atomic mass is 35.5. The second kappa shape index (κ2) is 5.05. The zero-order valence-corrected chi connectivity index (χ0v) is 11.2. The maximum atomic E-state index is 9.46. The SMILES string of the molecule is O[C@@H]1CN[C@@H](c2nc(-c3ncc(Cl)cc3Cl)no2)C1. The van der Waals surface area contributed by atoms with Crippen molar-refractivity contribution in [3.05, 3.63) is 28.2 Å². The number of rotatable bonds is 2. The molecule has 0 spiro atoms. The Hall–Kier alpha value is -1.21. The van der Waals surface area contributed by atoms with Gasteiger partial charge < -0.3 is 14.9 Å². The van der Waals surface area contributed by atoms with Gasteiger partial charge in [0.25, 0.3) is 0 Å². The molecule has 2 atom stereocenters. The van der Waals surface area contributed by atoms with E-state index in [-0.39, 0.29) is 6.04 Å². The van der Waals surface area contributed by atoms with Gasteiger partial charge in [0.1, 0.15) is 5.69 Å². The molecule has 3 rings (SSSR count). The second-order valence-corrected chi connectivity index (χ2v) is 5.13. The molecule has 2 N–H and O–H groups in total. The van der Waals surface area contributed by atoms with Crippen molar-refractivity contribution in [3.63, 3.8) is 0 Å². The number of nitrogens with zero attached hydrogens (tertiary/aromatic N) is 3. The van der Waals surface area contributed by atoms with Crippen molar-refractivity contribution >= 4 is 23.2 Å². The molecule has 0 bridgehead atoms. The predicted molar refractivity (Wildman–Crippen MR) is 68.9 cm³/mol. The molecule has 6 nitrogen and oxygen atoms in total. The van der Waals surface area contributed by atoms with E-state index in [2.05, 4.69) is 20.4 Å². The number of pyridine rings is 1. The summed E-state index contributed by atoms with van der Waals surface area (Å²) in [4.78, 5) is 8.33. The molecule has 2 aromatic rings. The van der Waals surface area contributed by atoms with E-state index >= 15 is 0 Å². The van der Waals surface area contributed by atoms with Gasteiger partial charge in [0.15, 0.2) is 0 Å². The van der Waals surface area contributed by atoms with Gasteiger partial charge in [-0.25, -0.2) is 4.98 Å². The van der Waals surface area contributed by atoms with Crippen LogP contribution in [0, 0.1) is 0 Å². The van der Waals surface area contributed by atoms with Crippen LogP contribution in [0.25, 0.3) is 11.5 Å². The monoisotopic (exact) mass is 300 g/mol. The third kappa shape index (κ3) is 2.57. The molecule has 1 aliphatic heterocycles. The maximum absolute atomic E-state index is 9.46. The number of hydrogen-bond acceptors (Lipinski definition) is 6. The zero-order chi connectivity index (χ0) is 13.4. The number of hydrogen-bond donors (Lipinski definition) is 2. The van der Waals surface area contributed by atoms with Crippen molar-refractivity contribution in [3.8, 4) is 11.5 Å². The summed E-state index contributed by atoms with van der Waals surface area (Å²) in [5.41, 5.74) is 0.416. The highest BCUT2D eigenvalue weighted by molar-refractivity contribution is 6.35. The molecule has 3 heterocycles. The quantitative estimate of drug-likeness (QED) is 0.880. The molecule has 2 aromatic heterocycles. The lowest BCUT2D eigenvalue weighted by Crippen LogP contribution is -2.15. The number of aromatic nitrogens is 3. The highest BCUT2D eigenvalue weighted by Gasteiger charge is 2.28. The number of aliphatic hydroxyl groups is 1. The Balaban J connectivity index is 1.88. The summed E-state index contributed by atoms with van der Waals surface area (Å²) in [5, 5.41) is 17.2. The fourth-order valence-corrected chi connectivity index (χ4v) is 2.42. The van der Waals surface area contributed by atoms with E-state index in [1.807, 2.05) is 0 Å². The summed E-state index contributed by atoms with van der Waals surface area (Å²) in [6, 6.07) is 1.43. The minimum absolute atomic E-state index is 0.137. The van der Waals surface area contributed by atoms with E-state index in [1.54, 1.807) is 6.07 Å². The van der Waals surface area contributed by atoms with Crippen LogP contribution in [-0.4, -0.2) is 32.9 Å². The lowest BCUT2D eigenvalue weighted by atomic mass is 10.2. The van der Waals surface area contributed by atoms with Crippen molar-refractivity contribution in [2.24, 2.45) is 0 Å². The van der Waals surface area contributed by atoms with E-state index in [0.717, 1.165) is 0 Å². The average Bonchev–Trinajstić information content (AvgIpc) is 2.97. The Labute approximate surface area is 118 Å². The molecule has 0 unspecified atom stereocenters. The zero-order valence-electron chi connectivity index (χ0n) is 9.68. The van der Waals surface area contributed by atoms with Gasteiger partial charge in [0.05, 0.1) is 22.2 Å². The van der Waals surface area contributed by atoms with Crippen LogP contribution in [0.1, 0.15) is 18.4 Å². The summed E-state index contributed by atoms with van der Waals surface area (Å²) < 4.78 is 5.17. The van der Waals surface area contributed by atoms with Gasteiger partial charge in [-0.2, -0.15) is 4.98 Å². The van der Waals surface area contributed by atoms with Crippen molar-refractivity contribution in [1.82, 2.24) is 20.4 Å². The minimum atomic E-state index is -0.391. The first kappa shape index (κ1) is 12.8. The Bertz CT molecular complexity index is 604. The lowest BCUT2D eigenvalue weighted by molar-refractivity contribution is 0.191. The van der Waals surface area contributed by atoms with Gasteiger partial charge in [-0.1, -0.05) is 28.4 Å². The third-order valence-electron chi connectivity index (χ3n) is 2.87. The van der Waals surface area contributed by atoms with Gasteiger partial charge in [0, 0.05) is 12.7 Å². The molecule has 0 amide bonds. The number of nitrogens with one attached hydrogen (secondary N) is 1. The highest BCUT2D eigenvalue weighted by Crippen LogP contribution is 2.28. The Morgan fingerprint density at radius 3 is 2.95 bits per heavy atom. The van der Waals surface area contributed by atoms with Crippen LogP contribution in [-0.2, 0) is 0 Å². The van der Waals surface area contributed by atoms with Crippen LogP contribution in [0.5, 0.6) is 0 Å². The van der Waals surface area contributed by atoms with Gasteiger partial charge in [-0.3, -0.25) is 0 Å². The predicted octanol–water partition coefficient (Wildman–Crippen LogP) is 1.83. The molecule has 0 aliphatic carbocycles. The summed E-state index contributed by atoms with van der Waals surface area (Å²) in [6.45, 7) is 0.516. The number of β-amino-alcohol motifs (C(OH)–C–C–N with tert-alkyl or cyclic N) is 1. The first-order chi connectivity index (χ1) is 9.13. The molecule has 0 saturated carbocycles. The second-order valence-electron chi connectivity index (χ2n) is 4.29. The van der Waals surface area contributed by atoms with Crippen molar-refractivity contribution in [2.75, 3.05) is 6.54 Å². The molecule has 100 valence electrons. The number of aliphatic hydroxyl groups excluding tert-OH is 1. The van der Waals surface area contributed by atoms with Crippen LogP contribution in [0.4, 0.5) is 0 Å². The van der Waals surface area contributed by atoms with Gasteiger partial charge >= 0.3 is 0 Å². The molecule has 0 radical (unpaired) electrons. The molecule has 1 aliphatic rings. The van der Waals surface area contributed by atoms with E-state index < -0.39 is 6.10 Å². The lowest BCUT2D eigenvalue weighted by Gasteiger charge is -2.01. The fraction of sp³-hybridized carbons (Fsp3) is 0.364. The minimum Gasteiger partial charge on any atom is -0.392 e. The third-order valence-corrected chi connectivity index (χ3v) is 3.36. The Morgan fingerprint density at radius 2 is 2.26 bits per heavy atom. The molecular formula is C11H10Cl2N4O2. The average molecular weight is 301 g/mol. The van der Waals surface area contributed by atoms with Crippen molar-refractivity contribution < 1.29 is 9.63 Å². The Kier molecular flexibility index (Phi) is 3.40. The molecule has 19 heavy (non-hydrogen) atoms. The van der Waals surface area contributed by atoms with Crippen LogP contribution in [0.2, 0.25) is 10.0 Å². The smallest absolute Gasteiger partial charge is 0.244 e.